The lowest BCUT2D eigenvalue weighted by atomic mass is 9.83. The average molecular weight is 332 g/mol. The van der Waals surface area contributed by atoms with Gasteiger partial charge < -0.3 is 10.1 Å². The lowest BCUT2D eigenvalue weighted by molar-refractivity contribution is 0.0171. The molecule has 1 saturated heterocycles. The van der Waals surface area contributed by atoms with Crippen LogP contribution in [0.4, 0.5) is 4.79 Å². The third-order valence-electron chi connectivity index (χ3n) is 4.83. The van der Waals surface area contributed by atoms with Gasteiger partial charge in [-0.2, -0.15) is 0 Å². The van der Waals surface area contributed by atoms with Crippen molar-refractivity contribution in [1.82, 2.24) is 10.2 Å². The van der Waals surface area contributed by atoms with Crippen LogP contribution in [0.2, 0.25) is 0 Å². The van der Waals surface area contributed by atoms with Crippen molar-refractivity contribution in [3.05, 3.63) is 35.9 Å². The van der Waals surface area contributed by atoms with E-state index < -0.39 is 5.60 Å². The topological polar surface area (TPSA) is 41.6 Å². The van der Waals surface area contributed by atoms with E-state index >= 15 is 0 Å². The highest BCUT2D eigenvalue weighted by molar-refractivity contribution is 5.68. The third-order valence-corrected chi connectivity index (χ3v) is 4.83. The van der Waals surface area contributed by atoms with Gasteiger partial charge in [0.05, 0.1) is 6.04 Å². The number of carbonyl (C=O) groups is 1. The van der Waals surface area contributed by atoms with Gasteiger partial charge in [-0.15, -0.1) is 0 Å². The molecule has 1 aromatic carbocycles. The predicted octanol–water partition coefficient (Wildman–Crippen LogP) is 4.20. The highest BCUT2D eigenvalue weighted by Crippen LogP contribution is 2.29. The third kappa shape index (κ3) is 4.97. The van der Waals surface area contributed by atoms with E-state index in [0.29, 0.717) is 12.0 Å². The fraction of sp³-hybridized carbons (Fsp3) is 0.650. The summed E-state index contributed by atoms with van der Waals surface area (Å²) < 4.78 is 5.45. The molecule has 4 heteroatoms. The normalized spacial score (nSPS) is 28.4. The minimum Gasteiger partial charge on any atom is -0.444 e. The molecule has 4 nitrogen and oxygen atoms in total. The molecule has 1 fully saturated rings. The molecule has 1 amide bonds. The van der Waals surface area contributed by atoms with Crippen LogP contribution in [0.5, 0.6) is 0 Å². The SMILES string of the molecule is C[C@@H]1C[C@H](C)[C@@H](NC(=O)OC(C)(C)C)[C@@H](C)N1Cc1ccccc1. The van der Waals surface area contributed by atoms with E-state index in [1.54, 1.807) is 0 Å². The zero-order valence-electron chi connectivity index (χ0n) is 15.9. The number of hydrogen-bond donors (Lipinski definition) is 1. The molecule has 4 atom stereocenters. The molecule has 1 heterocycles. The summed E-state index contributed by atoms with van der Waals surface area (Å²) in [6.45, 7) is 13.3. The second-order valence-electron chi connectivity index (χ2n) is 8.13. The first-order chi connectivity index (χ1) is 11.2. The predicted molar refractivity (Wildman–Crippen MR) is 97.8 cm³/mol. The molecule has 0 radical (unpaired) electrons. The molecule has 2 rings (SSSR count). The first-order valence-corrected chi connectivity index (χ1v) is 8.96. The van der Waals surface area contributed by atoms with E-state index in [9.17, 15) is 4.79 Å². The van der Waals surface area contributed by atoms with E-state index in [0.717, 1.165) is 13.0 Å². The van der Waals surface area contributed by atoms with Crippen LogP contribution in [-0.2, 0) is 11.3 Å². The first-order valence-electron chi connectivity index (χ1n) is 8.96. The van der Waals surface area contributed by atoms with Gasteiger partial charge in [-0.25, -0.2) is 4.79 Å². The molecule has 1 aromatic rings. The van der Waals surface area contributed by atoms with Crippen molar-refractivity contribution >= 4 is 6.09 Å². The van der Waals surface area contributed by atoms with Gasteiger partial charge >= 0.3 is 6.09 Å². The highest BCUT2D eigenvalue weighted by atomic mass is 16.6. The van der Waals surface area contributed by atoms with Gasteiger partial charge in [0.15, 0.2) is 0 Å². The summed E-state index contributed by atoms with van der Waals surface area (Å²) in [5.41, 5.74) is 0.837. The molecule has 0 bridgehead atoms. The molecule has 24 heavy (non-hydrogen) atoms. The highest BCUT2D eigenvalue weighted by Gasteiger charge is 2.38. The molecule has 0 aromatic heterocycles. The number of likely N-dealkylation sites (tertiary alicyclic amines) is 1. The standard InChI is InChI=1S/C20H32N2O2/c1-14-12-15(2)22(13-17-10-8-7-9-11-17)16(3)18(14)21-19(23)24-20(4,5)6/h7-11,14-16,18H,12-13H2,1-6H3,(H,21,23)/t14-,15+,16+,18+/m0/s1. The van der Waals surface area contributed by atoms with Gasteiger partial charge in [0.25, 0.3) is 0 Å². The van der Waals surface area contributed by atoms with Crippen LogP contribution in [0.25, 0.3) is 0 Å². The van der Waals surface area contributed by atoms with Crippen molar-refractivity contribution in [2.75, 3.05) is 0 Å². The van der Waals surface area contributed by atoms with Crippen molar-refractivity contribution in [1.29, 1.82) is 0 Å². The molecular weight excluding hydrogens is 300 g/mol. The maximum Gasteiger partial charge on any atom is 0.407 e. The van der Waals surface area contributed by atoms with E-state index in [-0.39, 0.29) is 18.2 Å². The number of benzene rings is 1. The summed E-state index contributed by atoms with van der Waals surface area (Å²) in [5, 5.41) is 3.11. The Morgan fingerprint density at radius 3 is 2.42 bits per heavy atom. The Morgan fingerprint density at radius 2 is 1.83 bits per heavy atom. The Bertz CT molecular complexity index is 538. The maximum atomic E-state index is 12.2. The molecule has 0 aliphatic carbocycles. The van der Waals surface area contributed by atoms with Crippen molar-refractivity contribution in [2.24, 2.45) is 5.92 Å². The second kappa shape index (κ2) is 7.56. The van der Waals surface area contributed by atoms with E-state index in [1.807, 2.05) is 26.8 Å². The molecule has 0 saturated carbocycles. The summed E-state index contributed by atoms with van der Waals surface area (Å²) in [6.07, 6.45) is 0.748. The number of nitrogens with zero attached hydrogens (tertiary/aromatic N) is 1. The van der Waals surface area contributed by atoms with Gasteiger partial charge in [-0.05, 0) is 52.5 Å². The Morgan fingerprint density at radius 1 is 1.21 bits per heavy atom. The van der Waals surface area contributed by atoms with Crippen molar-refractivity contribution in [2.45, 2.75) is 78.2 Å². The summed E-state index contributed by atoms with van der Waals surface area (Å²) in [6, 6.07) is 11.4. The summed E-state index contributed by atoms with van der Waals surface area (Å²) >= 11 is 0. The molecule has 1 aliphatic heterocycles. The van der Waals surface area contributed by atoms with Crippen molar-refractivity contribution in [3.8, 4) is 0 Å². The van der Waals surface area contributed by atoms with E-state index in [2.05, 4.69) is 55.3 Å². The quantitative estimate of drug-likeness (QED) is 0.902. The summed E-state index contributed by atoms with van der Waals surface area (Å²) in [4.78, 5) is 14.7. The Hall–Kier alpha value is -1.55. The van der Waals surface area contributed by atoms with Crippen molar-refractivity contribution < 1.29 is 9.53 Å². The lowest BCUT2D eigenvalue weighted by Crippen LogP contribution is -2.60. The smallest absolute Gasteiger partial charge is 0.407 e. The van der Waals surface area contributed by atoms with E-state index in [4.69, 9.17) is 4.74 Å². The molecule has 0 unspecified atom stereocenters. The van der Waals surface area contributed by atoms with Crippen LogP contribution >= 0.6 is 0 Å². The number of rotatable bonds is 3. The zero-order valence-corrected chi connectivity index (χ0v) is 15.9. The monoisotopic (exact) mass is 332 g/mol. The second-order valence-corrected chi connectivity index (χ2v) is 8.13. The van der Waals surface area contributed by atoms with Gasteiger partial charge in [-0.3, -0.25) is 4.90 Å². The van der Waals surface area contributed by atoms with Gasteiger partial charge in [-0.1, -0.05) is 37.3 Å². The summed E-state index contributed by atoms with van der Waals surface area (Å²) in [5.74, 6) is 0.426. The average Bonchev–Trinajstić information content (AvgIpc) is 2.47. The Kier molecular flexibility index (Phi) is 5.92. The number of amides is 1. The zero-order chi connectivity index (χ0) is 17.9. The fourth-order valence-corrected chi connectivity index (χ4v) is 3.70. The number of piperidine rings is 1. The molecule has 1 aliphatic rings. The molecule has 1 N–H and O–H groups in total. The van der Waals surface area contributed by atoms with Crippen LogP contribution in [-0.4, -0.2) is 34.7 Å². The van der Waals surface area contributed by atoms with Gasteiger partial charge in [0.1, 0.15) is 5.60 Å². The molecule has 0 spiro atoms. The van der Waals surface area contributed by atoms with Crippen LogP contribution in [0, 0.1) is 5.92 Å². The molecule has 134 valence electrons. The van der Waals surface area contributed by atoms with Crippen LogP contribution in [0.1, 0.15) is 53.5 Å². The maximum absolute atomic E-state index is 12.2. The number of ether oxygens (including phenoxy) is 1. The van der Waals surface area contributed by atoms with Crippen molar-refractivity contribution in [3.63, 3.8) is 0 Å². The van der Waals surface area contributed by atoms with Crippen LogP contribution < -0.4 is 5.32 Å². The van der Waals surface area contributed by atoms with Gasteiger partial charge in [0.2, 0.25) is 0 Å². The van der Waals surface area contributed by atoms with Gasteiger partial charge in [0, 0.05) is 18.6 Å². The number of carbonyl (C=O) groups excluding carboxylic acids is 1. The van der Waals surface area contributed by atoms with E-state index in [1.165, 1.54) is 5.56 Å². The van der Waals surface area contributed by atoms with Crippen LogP contribution in [0.15, 0.2) is 30.3 Å². The lowest BCUT2D eigenvalue weighted by Gasteiger charge is -2.47. The number of nitrogens with one attached hydrogen (secondary N) is 1. The Labute approximate surface area is 146 Å². The number of alkyl carbamates (subject to hydrolysis) is 1. The summed E-state index contributed by atoms with van der Waals surface area (Å²) in [7, 11) is 0. The Balaban J connectivity index is 2.07. The largest absolute Gasteiger partial charge is 0.444 e. The minimum absolute atomic E-state index is 0.0970. The fourth-order valence-electron chi connectivity index (χ4n) is 3.70. The molecular formula is C20H32N2O2. The minimum atomic E-state index is -0.470. The first kappa shape index (κ1) is 18.8. The number of hydrogen-bond acceptors (Lipinski definition) is 3. The van der Waals surface area contributed by atoms with Crippen LogP contribution in [0.3, 0.4) is 0 Å².